The number of aromatic nitrogens is 3. The summed E-state index contributed by atoms with van der Waals surface area (Å²) in [6.45, 7) is -1.81. The lowest BCUT2D eigenvalue weighted by molar-refractivity contribution is -0.138. The van der Waals surface area contributed by atoms with Gasteiger partial charge in [-0.2, -0.15) is 26.3 Å². The highest BCUT2D eigenvalue weighted by Crippen LogP contribution is 2.33. The van der Waals surface area contributed by atoms with Crippen molar-refractivity contribution < 1.29 is 31.1 Å². The van der Waals surface area contributed by atoms with E-state index in [0.29, 0.717) is 15.3 Å². The van der Waals surface area contributed by atoms with Crippen LogP contribution in [0.2, 0.25) is 5.02 Å². The summed E-state index contributed by atoms with van der Waals surface area (Å²) in [4.78, 5) is 25.1. The van der Waals surface area contributed by atoms with E-state index in [4.69, 9.17) is 17.3 Å². The first-order valence-electron chi connectivity index (χ1n) is 10.4. The van der Waals surface area contributed by atoms with E-state index < -0.39 is 55.1 Å². The smallest absolute Gasteiger partial charge is 0.353 e. The number of carbonyl (C=O) groups excluding carboxylic acids is 1. The van der Waals surface area contributed by atoms with Gasteiger partial charge in [-0.05, 0) is 35.9 Å². The molecule has 0 bridgehead atoms. The van der Waals surface area contributed by atoms with Crippen LogP contribution in [-0.2, 0) is 24.1 Å². The highest BCUT2D eigenvalue weighted by molar-refractivity contribution is 6.30. The summed E-state index contributed by atoms with van der Waals surface area (Å²) >= 11 is 5.84. The van der Waals surface area contributed by atoms with E-state index in [2.05, 4.69) is 10.4 Å². The fourth-order valence-electron chi connectivity index (χ4n) is 3.40. The summed E-state index contributed by atoms with van der Waals surface area (Å²) in [5.41, 5.74) is 3.99. The molecular formula is C22H20ClF6N5O2. The van der Waals surface area contributed by atoms with Crippen molar-refractivity contribution in [3.8, 4) is 11.4 Å². The summed E-state index contributed by atoms with van der Waals surface area (Å²) in [6.07, 6.45) is -10.5. The summed E-state index contributed by atoms with van der Waals surface area (Å²) in [5.74, 6) is -0.926. The molecule has 7 nitrogen and oxygen atoms in total. The maximum atomic E-state index is 13.2. The van der Waals surface area contributed by atoms with Crippen molar-refractivity contribution in [2.24, 2.45) is 5.73 Å². The van der Waals surface area contributed by atoms with Crippen molar-refractivity contribution in [2.75, 3.05) is 6.54 Å². The predicted octanol–water partition coefficient (Wildman–Crippen LogP) is 4.15. The van der Waals surface area contributed by atoms with E-state index in [1.165, 1.54) is 42.5 Å². The molecule has 1 unspecified atom stereocenters. The van der Waals surface area contributed by atoms with Gasteiger partial charge in [0.15, 0.2) is 5.82 Å². The largest absolute Gasteiger partial charge is 0.416 e. The van der Waals surface area contributed by atoms with Gasteiger partial charge < -0.3 is 11.1 Å². The van der Waals surface area contributed by atoms with Gasteiger partial charge in [0, 0.05) is 29.7 Å². The molecule has 0 aliphatic carbocycles. The minimum Gasteiger partial charge on any atom is -0.353 e. The van der Waals surface area contributed by atoms with Crippen molar-refractivity contribution in [1.29, 1.82) is 0 Å². The predicted molar refractivity (Wildman–Crippen MR) is 119 cm³/mol. The second-order valence-corrected chi connectivity index (χ2v) is 8.22. The molecule has 1 aromatic heterocycles. The van der Waals surface area contributed by atoms with Crippen LogP contribution >= 0.6 is 11.6 Å². The molecule has 0 saturated heterocycles. The molecule has 1 atom stereocenters. The number of nitrogens with two attached hydrogens (primary N) is 1. The minimum absolute atomic E-state index is 0.107. The van der Waals surface area contributed by atoms with Gasteiger partial charge in [0.05, 0.1) is 12.0 Å². The van der Waals surface area contributed by atoms with Gasteiger partial charge in [0.25, 0.3) is 0 Å². The average molecular weight is 536 g/mol. The molecular weight excluding hydrogens is 516 g/mol. The number of benzene rings is 2. The minimum atomic E-state index is -4.65. The molecule has 194 valence electrons. The van der Waals surface area contributed by atoms with Crippen molar-refractivity contribution in [3.05, 3.63) is 75.2 Å². The monoisotopic (exact) mass is 535 g/mol. The standard InChI is InChI=1S/C22H20ClF6N5O2/c23-14-7-5-13(6-8-14)19-32-34(20(36)33(19)10-9-21(24,25)26)12-18(35)31-11-17(30)15-3-1-2-4-16(15)22(27,28)29/h1-8,17H,9-12,30H2,(H,31,35). The number of hydrogen-bond acceptors (Lipinski definition) is 4. The van der Waals surface area contributed by atoms with Crippen molar-refractivity contribution in [3.63, 3.8) is 0 Å². The SMILES string of the molecule is NC(CNC(=O)Cn1nc(-c2ccc(Cl)cc2)n(CCC(F)(F)F)c1=O)c1ccccc1C(F)(F)F. The van der Waals surface area contributed by atoms with Crippen molar-refractivity contribution in [2.45, 2.75) is 37.9 Å². The third-order valence-corrected chi connectivity index (χ3v) is 5.37. The third-order valence-electron chi connectivity index (χ3n) is 5.12. The molecule has 0 aliphatic rings. The summed E-state index contributed by atoms with van der Waals surface area (Å²) in [6, 6.07) is 9.24. The topological polar surface area (TPSA) is 94.9 Å². The molecule has 1 heterocycles. The number of hydrogen-bond donors (Lipinski definition) is 2. The molecule has 0 fully saturated rings. The Bertz CT molecular complexity index is 1270. The Labute approximate surface area is 205 Å². The lowest BCUT2D eigenvalue weighted by Crippen LogP contribution is -2.37. The van der Waals surface area contributed by atoms with Gasteiger partial charge in [0.1, 0.15) is 6.54 Å². The Hall–Kier alpha value is -3.32. The van der Waals surface area contributed by atoms with Crippen LogP contribution in [0.15, 0.2) is 53.3 Å². The highest BCUT2D eigenvalue weighted by atomic mass is 35.5. The Balaban J connectivity index is 1.78. The number of carbonyl (C=O) groups is 1. The van der Waals surface area contributed by atoms with Crippen LogP contribution < -0.4 is 16.7 Å². The van der Waals surface area contributed by atoms with Gasteiger partial charge in [0.2, 0.25) is 5.91 Å². The van der Waals surface area contributed by atoms with E-state index in [0.717, 1.165) is 10.6 Å². The number of nitrogens with zero attached hydrogens (tertiary/aromatic N) is 3. The molecule has 0 spiro atoms. The Morgan fingerprint density at radius 1 is 1.06 bits per heavy atom. The summed E-state index contributed by atoms with van der Waals surface area (Å²) in [7, 11) is 0. The molecule has 36 heavy (non-hydrogen) atoms. The van der Waals surface area contributed by atoms with E-state index in [1.807, 2.05) is 0 Å². The lowest BCUT2D eigenvalue weighted by Gasteiger charge is -2.18. The first-order valence-corrected chi connectivity index (χ1v) is 10.8. The number of rotatable bonds is 8. The van der Waals surface area contributed by atoms with Crippen LogP contribution in [0, 0.1) is 0 Å². The molecule has 3 N–H and O–H groups in total. The van der Waals surface area contributed by atoms with E-state index >= 15 is 0 Å². The fraction of sp³-hybridized carbons (Fsp3) is 0.318. The second-order valence-electron chi connectivity index (χ2n) is 7.78. The zero-order valence-electron chi connectivity index (χ0n) is 18.4. The Kier molecular flexibility index (Phi) is 8.14. The first-order chi connectivity index (χ1) is 16.8. The van der Waals surface area contributed by atoms with Gasteiger partial charge in [-0.3, -0.25) is 9.36 Å². The molecule has 2 aromatic carbocycles. The van der Waals surface area contributed by atoms with Crippen molar-refractivity contribution in [1.82, 2.24) is 19.7 Å². The van der Waals surface area contributed by atoms with E-state index in [-0.39, 0.29) is 17.9 Å². The fourth-order valence-corrected chi connectivity index (χ4v) is 3.53. The zero-order chi connectivity index (χ0) is 26.7. The van der Waals surface area contributed by atoms with Crippen LogP contribution in [0.4, 0.5) is 26.3 Å². The summed E-state index contributed by atoms with van der Waals surface area (Å²) in [5, 5.41) is 6.68. The van der Waals surface area contributed by atoms with Crippen LogP contribution in [0.1, 0.15) is 23.6 Å². The van der Waals surface area contributed by atoms with Crippen LogP contribution in [0.25, 0.3) is 11.4 Å². The quantitative estimate of drug-likeness (QED) is 0.424. The van der Waals surface area contributed by atoms with Gasteiger partial charge in [-0.15, -0.1) is 5.10 Å². The summed E-state index contributed by atoms with van der Waals surface area (Å²) < 4.78 is 79.5. The molecule has 0 aliphatic heterocycles. The Morgan fingerprint density at radius 3 is 2.31 bits per heavy atom. The third kappa shape index (κ3) is 6.88. The van der Waals surface area contributed by atoms with Crippen molar-refractivity contribution >= 4 is 17.5 Å². The molecule has 0 radical (unpaired) electrons. The lowest BCUT2D eigenvalue weighted by atomic mass is 10.0. The van der Waals surface area contributed by atoms with Gasteiger partial charge >= 0.3 is 18.0 Å². The molecule has 0 saturated carbocycles. The second kappa shape index (κ2) is 10.7. The Morgan fingerprint density at radius 2 is 1.69 bits per heavy atom. The zero-order valence-corrected chi connectivity index (χ0v) is 19.2. The normalized spacial score (nSPS) is 13.0. The first kappa shape index (κ1) is 27.3. The maximum Gasteiger partial charge on any atom is 0.416 e. The van der Waals surface area contributed by atoms with Gasteiger partial charge in [-0.1, -0.05) is 29.8 Å². The molecule has 14 heteroatoms. The number of nitrogens with one attached hydrogen (secondary N) is 1. The number of alkyl halides is 6. The van der Waals surface area contributed by atoms with E-state index in [1.54, 1.807) is 0 Å². The van der Waals surface area contributed by atoms with Crippen LogP contribution in [0.5, 0.6) is 0 Å². The number of amides is 1. The molecule has 3 rings (SSSR count). The molecule has 1 amide bonds. The van der Waals surface area contributed by atoms with Crippen LogP contribution in [-0.4, -0.2) is 33.0 Å². The maximum absolute atomic E-state index is 13.2. The van der Waals surface area contributed by atoms with E-state index in [9.17, 15) is 35.9 Å². The number of halogens is 7. The molecule has 3 aromatic rings. The van der Waals surface area contributed by atoms with Crippen LogP contribution in [0.3, 0.4) is 0 Å². The van der Waals surface area contributed by atoms with Gasteiger partial charge in [-0.25, -0.2) is 9.48 Å². The highest BCUT2D eigenvalue weighted by Gasteiger charge is 2.34. The average Bonchev–Trinajstić information content (AvgIpc) is 3.10.